The monoisotopic (exact) mass is 485 g/mol. The van der Waals surface area contributed by atoms with E-state index in [4.69, 9.17) is 9.26 Å². The van der Waals surface area contributed by atoms with Gasteiger partial charge >= 0.3 is 5.97 Å². The van der Waals surface area contributed by atoms with Gasteiger partial charge in [-0.15, -0.1) is 0 Å². The van der Waals surface area contributed by atoms with E-state index in [2.05, 4.69) is 24.3 Å². The van der Waals surface area contributed by atoms with Crippen molar-refractivity contribution in [3.8, 4) is 0 Å². The fourth-order valence-corrected chi connectivity index (χ4v) is 5.94. The number of benzene rings is 2. The van der Waals surface area contributed by atoms with Crippen LogP contribution in [0.15, 0.2) is 57.9 Å². The molecule has 9 nitrogen and oxygen atoms in total. The number of carbonyl (C=O) groups is 2. The zero-order chi connectivity index (χ0) is 24.3. The molecule has 3 aromatic rings. The van der Waals surface area contributed by atoms with Crippen LogP contribution in [0.2, 0.25) is 0 Å². The molecular formula is C24H27N3O6S. The zero-order valence-electron chi connectivity index (χ0n) is 19.1. The number of hydrogen-bond acceptors (Lipinski definition) is 7. The Bertz CT molecular complexity index is 1280. The van der Waals surface area contributed by atoms with Gasteiger partial charge in [-0.1, -0.05) is 31.1 Å². The largest absolute Gasteiger partial charge is 0.455 e. The number of hydrogen-bond donors (Lipinski definition) is 1. The van der Waals surface area contributed by atoms with E-state index in [-0.39, 0.29) is 11.3 Å². The van der Waals surface area contributed by atoms with Gasteiger partial charge in [0, 0.05) is 24.2 Å². The standard InChI is InChI=1S/C24H27N3O6S/c1-16-11-17(2)14-27(13-16)34(30,31)19-9-7-18(8-10-19)25-23(28)15-32-24(29)12-21-20-5-3-4-6-22(20)33-26-21/h3-10,16-17H,11-15H2,1-2H3,(H,25,28). The molecule has 1 saturated heterocycles. The normalized spacial score (nSPS) is 19.1. The highest BCUT2D eigenvalue weighted by Crippen LogP contribution is 2.27. The summed E-state index contributed by atoms with van der Waals surface area (Å²) >= 11 is 0. The molecule has 1 amide bonds. The molecule has 2 heterocycles. The Morgan fingerprint density at radius 2 is 1.76 bits per heavy atom. The van der Waals surface area contributed by atoms with Crippen LogP contribution < -0.4 is 5.32 Å². The molecular weight excluding hydrogens is 458 g/mol. The molecule has 1 aromatic heterocycles. The van der Waals surface area contributed by atoms with E-state index in [9.17, 15) is 18.0 Å². The number of nitrogens with one attached hydrogen (secondary N) is 1. The molecule has 180 valence electrons. The highest BCUT2D eigenvalue weighted by Gasteiger charge is 2.31. The van der Waals surface area contributed by atoms with Gasteiger partial charge in [-0.25, -0.2) is 8.42 Å². The molecule has 2 atom stereocenters. The van der Waals surface area contributed by atoms with E-state index in [1.54, 1.807) is 18.2 Å². The molecule has 34 heavy (non-hydrogen) atoms. The van der Waals surface area contributed by atoms with Gasteiger partial charge < -0.3 is 14.6 Å². The third-order valence-electron chi connectivity index (χ3n) is 5.74. The van der Waals surface area contributed by atoms with E-state index < -0.39 is 28.5 Å². The number of aromatic nitrogens is 1. The van der Waals surface area contributed by atoms with Gasteiger partial charge in [0.15, 0.2) is 12.2 Å². The smallest absolute Gasteiger partial charge is 0.312 e. The van der Waals surface area contributed by atoms with Crippen molar-refractivity contribution in [2.75, 3.05) is 25.0 Å². The number of rotatable bonds is 7. The fourth-order valence-electron chi connectivity index (χ4n) is 4.26. The number of piperidine rings is 1. The number of anilines is 1. The van der Waals surface area contributed by atoms with Gasteiger partial charge in [-0.2, -0.15) is 4.31 Å². The summed E-state index contributed by atoms with van der Waals surface area (Å²) in [4.78, 5) is 24.5. The first-order chi connectivity index (χ1) is 16.2. The molecule has 1 aliphatic heterocycles. The summed E-state index contributed by atoms with van der Waals surface area (Å²) in [5.74, 6) is -0.529. The lowest BCUT2D eigenvalue weighted by Crippen LogP contribution is -2.42. The Morgan fingerprint density at radius 3 is 2.47 bits per heavy atom. The topological polar surface area (TPSA) is 119 Å². The van der Waals surface area contributed by atoms with Crippen LogP contribution in [0.1, 0.15) is 26.0 Å². The first-order valence-electron chi connectivity index (χ1n) is 11.1. The van der Waals surface area contributed by atoms with Crippen molar-refractivity contribution in [2.24, 2.45) is 11.8 Å². The van der Waals surface area contributed by atoms with Crippen molar-refractivity contribution in [3.63, 3.8) is 0 Å². The SMILES string of the molecule is CC1CC(C)CN(S(=O)(=O)c2ccc(NC(=O)COC(=O)Cc3noc4ccccc34)cc2)C1. The summed E-state index contributed by atoms with van der Waals surface area (Å²) in [6, 6.07) is 13.1. The van der Waals surface area contributed by atoms with Gasteiger partial charge in [-0.05, 0) is 54.7 Å². The number of fused-ring (bicyclic) bond motifs is 1. The van der Waals surface area contributed by atoms with E-state index in [1.807, 2.05) is 6.07 Å². The molecule has 2 aromatic carbocycles. The lowest BCUT2D eigenvalue weighted by molar-refractivity contribution is -0.146. The van der Waals surface area contributed by atoms with Gasteiger partial charge in [0.2, 0.25) is 10.0 Å². The van der Waals surface area contributed by atoms with Crippen LogP contribution in [0.4, 0.5) is 5.69 Å². The van der Waals surface area contributed by atoms with Crippen LogP contribution in [-0.2, 0) is 30.8 Å². The maximum Gasteiger partial charge on any atom is 0.312 e. The lowest BCUT2D eigenvalue weighted by atomic mass is 9.94. The van der Waals surface area contributed by atoms with Crippen molar-refractivity contribution in [1.82, 2.24) is 9.46 Å². The number of carbonyl (C=O) groups excluding carboxylic acids is 2. The van der Waals surface area contributed by atoms with Crippen molar-refractivity contribution in [2.45, 2.75) is 31.6 Å². The molecule has 1 aliphatic rings. The van der Waals surface area contributed by atoms with Gasteiger partial charge in [0.05, 0.1) is 11.3 Å². The third-order valence-corrected chi connectivity index (χ3v) is 7.59. The maximum absolute atomic E-state index is 13.0. The minimum absolute atomic E-state index is 0.120. The number of esters is 1. The molecule has 0 spiro atoms. The molecule has 1 fully saturated rings. The third kappa shape index (κ3) is 5.45. The average Bonchev–Trinajstić information content (AvgIpc) is 3.20. The fraction of sp³-hybridized carbons (Fsp3) is 0.375. The Balaban J connectivity index is 1.30. The number of nitrogens with zero attached hydrogens (tertiary/aromatic N) is 2. The average molecular weight is 486 g/mol. The molecule has 0 radical (unpaired) electrons. The highest BCUT2D eigenvalue weighted by molar-refractivity contribution is 7.89. The molecule has 2 unspecified atom stereocenters. The molecule has 10 heteroatoms. The summed E-state index contributed by atoms with van der Waals surface area (Å²) in [5, 5.41) is 7.19. The molecule has 4 rings (SSSR count). The number of sulfonamides is 1. The second-order valence-electron chi connectivity index (χ2n) is 8.80. The van der Waals surface area contributed by atoms with E-state index in [0.29, 0.717) is 47.3 Å². The van der Waals surface area contributed by atoms with Crippen molar-refractivity contribution < 1.29 is 27.3 Å². The van der Waals surface area contributed by atoms with E-state index in [1.165, 1.54) is 28.6 Å². The van der Waals surface area contributed by atoms with Crippen LogP contribution in [0.25, 0.3) is 11.0 Å². The van der Waals surface area contributed by atoms with Crippen LogP contribution in [-0.4, -0.2) is 49.5 Å². The molecule has 0 aliphatic carbocycles. The minimum atomic E-state index is -3.60. The highest BCUT2D eigenvalue weighted by atomic mass is 32.2. The molecule has 0 bridgehead atoms. The minimum Gasteiger partial charge on any atom is -0.455 e. The Hall–Kier alpha value is -3.24. The van der Waals surface area contributed by atoms with Gasteiger partial charge in [0.25, 0.3) is 5.91 Å². The summed E-state index contributed by atoms with van der Waals surface area (Å²) < 4.78 is 37.7. The molecule has 1 N–H and O–H groups in total. The Kier molecular flexibility index (Phi) is 6.99. The van der Waals surface area contributed by atoms with E-state index in [0.717, 1.165) is 6.42 Å². The quantitative estimate of drug-likeness (QED) is 0.510. The first-order valence-corrected chi connectivity index (χ1v) is 12.6. The predicted octanol–water partition coefficient (Wildman–Crippen LogP) is 3.22. The molecule has 0 saturated carbocycles. The summed E-state index contributed by atoms with van der Waals surface area (Å²) in [6.45, 7) is 4.63. The zero-order valence-corrected chi connectivity index (χ0v) is 19.9. The van der Waals surface area contributed by atoms with Gasteiger partial charge in [0.1, 0.15) is 5.69 Å². The second kappa shape index (κ2) is 9.94. The Morgan fingerprint density at radius 1 is 1.09 bits per heavy atom. The number of para-hydroxylation sites is 1. The lowest BCUT2D eigenvalue weighted by Gasteiger charge is -2.34. The van der Waals surface area contributed by atoms with E-state index >= 15 is 0 Å². The van der Waals surface area contributed by atoms with Crippen molar-refractivity contribution >= 4 is 38.6 Å². The van der Waals surface area contributed by atoms with Crippen molar-refractivity contribution in [1.29, 1.82) is 0 Å². The van der Waals surface area contributed by atoms with Crippen LogP contribution in [0, 0.1) is 11.8 Å². The maximum atomic E-state index is 13.0. The first kappa shape index (κ1) is 23.9. The summed E-state index contributed by atoms with van der Waals surface area (Å²) in [5.41, 5.74) is 1.41. The number of ether oxygens (including phenoxy) is 1. The van der Waals surface area contributed by atoms with Gasteiger partial charge in [-0.3, -0.25) is 9.59 Å². The summed E-state index contributed by atoms with van der Waals surface area (Å²) in [7, 11) is -3.60. The van der Waals surface area contributed by atoms with Crippen molar-refractivity contribution in [3.05, 3.63) is 54.2 Å². The van der Waals surface area contributed by atoms with Crippen LogP contribution >= 0.6 is 0 Å². The van der Waals surface area contributed by atoms with Crippen LogP contribution in [0.5, 0.6) is 0 Å². The number of amides is 1. The Labute approximate surface area is 198 Å². The van der Waals surface area contributed by atoms with Crippen LogP contribution in [0.3, 0.4) is 0 Å². The predicted molar refractivity (Wildman–Crippen MR) is 125 cm³/mol. The summed E-state index contributed by atoms with van der Waals surface area (Å²) in [6.07, 6.45) is 0.890. The second-order valence-corrected chi connectivity index (χ2v) is 10.7.